The van der Waals surface area contributed by atoms with Crippen molar-refractivity contribution in [1.82, 2.24) is 49.8 Å². The Morgan fingerprint density at radius 1 is 0.517 bits per heavy atom. The van der Waals surface area contributed by atoms with Gasteiger partial charge in [-0.2, -0.15) is 0 Å². The van der Waals surface area contributed by atoms with Crippen molar-refractivity contribution in [3.05, 3.63) is 155 Å². The van der Waals surface area contributed by atoms with Crippen LogP contribution in [0.2, 0.25) is 0 Å². The molecule has 0 aliphatic heterocycles. The van der Waals surface area contributed by atoms with Crippen molar-refractivity contribution in [2.75, 3.05) is 13.1 Å². The van der Waals surface area contributed by atoms with Gasteiger partial charge in [-0.1, -0.05) is 83.2 Å². The second kappa shape index (κ2) is 26.7. The zero-order chi connectivity index (χ0) is 39.2. The Labute approximate surface area is 363 Å². The SMILES string of the molecule is O.O.O.O.O=C([O-])c1cccc(CN(CCN(Cc2cn(Cc3ccccc3)nn2)Cc2cccc(C(=O)[O-])n2)Cc2cn(Cc3ccccc3)nn2)n1.[In+3].[O-][Cl+3]([O-])([O-])[O-]. The number of carboxylic acid groups (broad SMARTS) is 2. The molecule has 6 rings (SSSR count). The number of rotatable bonds is 17. The number of pyridine rings is 2. The Kier molecular flexibility index (Phi) is 24.4. The molecule has 60 heavy (non-hydrogen) atoms. The first-order valence-electron chi connectivity index (χ1n) is 16.6. The van der Waals surface area contributed by atoms with Gasteiger partial charge in [-0.05, 0) is 35.4 Å². The topological polar surface area (TPSA) is 392 Å². The molecule has 0 radical (unpaired) electrons. The van der Waals surface area contributed by atoms with Crippen LogP contribution < -0.4 is 28.8 Å². The van der Waals surface area contributed by atoms with Crippen LogP contribution in [0.5, 0.6) is 0 Å². The number of aromatic nitrogens is 8. The van der Waals surface area contributed by atoms with Crippen LogP contribution in [-0.4, -0.2) is 123 Å². The van der Waals surface area contributed by atoms with Crippen molar-refractivity contribution in [1.29, 1.82) is 0 Å². The van der Waals surface area contributed by atoms with Crippen LogP contribution in [0, 0.1) is 10.2 Å². The Morgan fingerprint density at radius 3 is 1.18 bits per heavy atom. The van der Waals surface area contributed by atoms with Crippen LogP contribution in [0.15, 0.2) is 109 Å². The Morgan fingerprint density at radius 2 is 0.850 bits per heavy atom. The average molecular weight is 957 g/mol. The molecular weight excluding hydrogens is 915 g/mol. The molecule has 0 aliphatic rings. The molecule has 0 saturated heterocycles. The van der Waals surface area contributed by atoms with Crippen molar-refractivity contribution < 1.29 is 70.6 Å². The molecule has 318 valence electrons. The summed E-state index contributed by atoms with van der Waals surface area (Å²) in [4.78, 5) is 35.9. The molecule has 0 saturated carbocycles. The molecule has 0 bridgehead atoms. The molecule has 0 atom stereocenters. The molecule has 0 unspecified atom stereocenters. The molecule has 4 aromatic heterocycles. The van der Waals surface area contributed by atoms with Gasteiger partial charge in [0.2, 0.25) is 0 Å². The molecule has 0 fully saturated rings. The second-order valence-electron chi connectivity index (χ2n) is 12.2. The average Bonchev–Trinajstić information content (AvgIpc) is 3.79. The Hall–Kier alpha value is -5.28. The van der Waals surface area contributed by atoms with E-state index in [4.69, 9.17) is 18.6 Å². The molecule has 24 heteroatoms. The van der Waals surface area contributed by atoms with E-state index < -0.39 is 22.2 Å². The van der Waals surface area contributed by atoms with E-state index in [0.29, 0.717) is 63.7 Å². The third-order valence-electron chi connectivity index (χ3n) is 7.85. The van der Waals surface area contributed by atoms with Crippen molar-refractivity contribution in [2.24, 2.45) is 0 Å². The number of carbonyl (C=O) groups is 2. The predicted molar refractivity (Wildman–Crippen MR) is 197 cm³/mol. The summed E-state index contributed by atoms with van der Waals surface area (Å²) >= 11 is 0. The van der Waals surface area contributed by atoms with Gasteiger partial charge in [0.15, 0.2) is 0 Å². The minimum atomic E-state index is -4.94. The molecule has 0 amide bonds. The summed E-state index contributed by atoms with van der Waals surface area (Å²) in [6.45, 7) is 3.61. The van der Waals surface area contributed by atoms with E-state index in [9.17, 15) is 19.8 Å². The fourth-order valence-corrected chi connectivity index (χ4v) is 5.51. The summed E-state index contributed by atoms with van der Waals surface area (Å²) in [6.07, 6.45) is 3.78. The van der Waals surface area contributed by atoms with Crippen molar-refractivity contribution in [2.45, 2.75) is 39.3 Å². The monoisotopic (exact) mass is 956 g/mol. The Balaban J connectivity index is 0.00000329. The van der Waals surface area contributed by atoms with Gasteiger partial charge in [0.25, 0.3) is 0 Å². The van der Waals surface area contributed by atoms with E-state index in [1.165, 1.54) is 12.1 Å². The standard InChI is InChI=1S/C36H36N10O4.ClHO4.In.4H2O/c47-35(48)33-15-7-13-29(37-33)21-43(23-31-25-45(41-39-31)19-27-9-3-1-4-10-27)17-18-44(22-30-14-8-16-34(38-30)36(49)50)24-32-26-46(42-40-32)20-28-11-5-2-6-12-28;2-1(3,4)5;;;;;/h1-16,25-26H,17-24H2,(H,47,48)(H,49,50);(H,2,3,4,5);;4*1H2/q;;+3;;;;/p-3. The number of halogens is 1. The number of carboxylic acids is 2. The first-order chi connectivity index (χ1) is 26.4. The second-order valence-corrected chi connectivity index (χ2v) is 12.9. The molecule has 22 nitrogen and oxygen atoms in total. The van der Waals surface area contributed by atoms with Gasteiger partial charge in [0, 0.05) is 39.3 Å². The summed E-state index contributed by atoms with van der Waals surface area (Å²) in [7, 11) is -4.94. The van der Waals surface area contributed by atoms with Crippen LogP contribution in [0.1, 0.15) is 54.9 Å². The van der Waals surface area contributed by atoms with E-state index in [2.05, 4.69) is 40.4 Å². The largest absolute Gasteiger partial charge is 3.00 e. The Bertz CT molecular complexity index is 2000. The summed E-state index contributed by atoms with van der Waals surface area (Å²) < 4.78 is 37.5. The molecule has 4 heterocycles. The van der Waals surface area contributed by atoms with Gasteiger partial charge in [-0.15, -0.1) is 20.4 Å². The predicted octanol–water partition coefficient (Wildman–Crippen LogP) is -7.25. The van der Waals surface area contributed by atoms with Gasteiger partial charge >= 0.3 is 25.8 Å². The summed E-state index contributed by atoms with van der Waals surface area (Å²) in [6, 6.07) is 29.5. The normalized spacial score (nSPS) is 10.4. The van der Waals surface area contributed by atoms with Crippen LogP contribution >= 0.6 is 0 Å². The number of nitrogens with zero attached hydrogens (tertiary/aromatic N) is 10. The number of hydrogen-bond donors (Lipinski definition) is 0. The van der Waals surface area contributed by atoms with Crippen LogP contribution in [0.4, 0.5) is 0 Å². The fourth-order valence-electron chi connectivity index (χ4n) is 5.51. The molecule has 0 aliphatic carbocycles. The van der Waals surface area contributed by atoms with E-state index in [0.717, 1.165) is 22.5 Å². The van der Waals surface area contributed by atoms with Crippen LogP contribution in [0.3, 0.4) is 0 Å². The van der Waals surface area contributed by atoms with Crippen molar-refractivity contribution >= 4 is 37.8 Å². The molecule has 8 N–H and O–H groups in total. The van der Waals surface area contributed by atoms with Crippen LogP contribution in [0.25, 0.3) is 0 Å². The van der Waals surface area contributed by atoms with E-state index in [-0.39, 0.29) is 59.1 Å². The zero-order valence-corrected chi connectivity index (χ0v) is 35.8. The molecule has 2 aromatic carbocycles. The van der Waals surface area contributed by atoms with Gasteiger partial charge in [-0.25, -0.2) is 28.0 Å². The molecular formula is C36H42ClInN10O12. The van der Waals surface area contributed by atoms with Crippen molar-refractivity contribution in [3.63, 3.8) is 0 Å². The minimum Gasteiger partial charge on any atom is -0.543 e. The number of hydrogen-bond acceptors (Lipinski definition) is 16. The van der Waals surface area contributed by atoms with Gasteiger partial charge in [0.05, 0.1) is 71.6 Å². The number of carbonyl (C=O) groups excluding carboxylic acids is 2. The van der Waals surface area contributed by atoms with E-state index >= 15 is 0 Å². The maximum atomic E-state index is 11.5. The van der Waals surface area contributed by atoms with E-state index in [1.54, 1.807) is 33.6 Å². The van der Waals surface area contributed by atoms with Gasteiger partial charge < -0.3 is 41.7 Å². The first kappa shape index (κ1) is 54.7. The van der Waals surface area contributed by atoms with E-state index in [1.807, 2.05) is 73.1 Å². The molecule has 0 spiro atoms. The van der Waals surface area contributed by atoms with Gasteiger partial charge in [0.1, 0.15) is 0 Å². The smallest absolute Gasteiger partial charge is 0.543 e. The quantitative estimate of drug-likeness (QED) is 0.0819. The fraction of sp³-hybridized carbons (Fsp3) is 0.222. The van der Waals surface area contributed by atoms with Crippen LogP contribution in [-0.2, 0) is 39.3 Å². The summed E-state index contributed by atoms with van der Waals surface area (Å²) in [5, 5.41) is 40.5. The molecule has 6 aromatic rings. The third kappa shape index (κ3) is 19.2. The number of aromatic carboxylic acids is 2. The summed E-state index contributed by atoms with van der Waals surface area (Å²) in [5.41, 5.74) is 4.48. The van der Waals surface area contributed by atoms with Gasteiger partial charge in [-0.3, -0.25) is 19.8 Å². The minimum absolute atomic E-state index is 0. The van der Waals surface area contributed by atoms with Crippen molar-refractivity contribution in [3.8, 4) is 0 Å². The summed E-state index contributed by atoms with van der Waals surface area (Å²) in [5.74, 6) is -2.69. The maximum Gasteiger partial charge on any atom is 3.00 e. The number of benzene rings is 2. The zero-order valence-electron chi connectivity index (χ0n) is 31.7. The third-order valence-corrected chi connectivity index (χ3v) is 7.85. The first-order valence-corrected chi connectivity index (χ1v) is 17.9. The maximum absolute atomic E-state index is 11.5.